The molecule has 2 aliphatic rings. The maximum absolute atomic E-state index is 12.5. The van der Waals surface area contributed by atoms with Crippen LogP contribution >= 0.6 is 11.8 Å². The van der Waals surface area contributed by atoms with Crippen LogP contribution < -0.4 is 5.73 Å². The fraction of sp³-hybridized carbons (Fsp3) is 0.467. The minimum atomic E-state index is -0.212. The summed E-state index contributed by atoms with van der Waals surface area (Å²) in [6, 6.07) is 5.13. The summed E-state index contributed by atoms with van der Waals surface area (Å²) in [5, 5.41) is 0.659. The molecule has 4 nitrogen and oxygen atoms in total. The van der Waals surface area contributed by atoms with E-state index in [2.05, 4.69) is 6.26 Å². The molecule has 0 atom stereocenters. The smallest absolute Gasteiger partial charge is 0.263 e. The topological polar surface area (TPSA) is 63.4 Å². The number of hydrogen-bond donors (Lipinski definition) is 1. The first-order chi connectivity index (χ1) is 9.63. The Morgan fingerprint density at radius 3 is 2.45 bits per heavy atom. The van der Waals surface area contributed by atoms with Crippen molar-refractivity contribution in [2.75, 3.05) is 12.0 Å². The average molecular weight is 290 g/mol. The number of nitrogen functional groups attached to an aromatic ring is 1. The highest BCUT2D eigenvalue weighted by molar-refractivity contribution is 7.99. The molecule has 0 saturated heterocycles. The third kappa shape index (κ3) is 2.00. The zero-order chi connectivity index (χ0) is 14.3. The van der Waals surface area contributed by atoms with E-state index in [1.165, 1.54) is 4.90 Å². The van der Waals surface area contributed by atoms with Gasteiger partial charge in [-0.25, -0.2) is 0 Å². The molecule has 1 heterocycles. The third-order valence-corrected chi connectivity index (χ3v) is 5.46. The first-order valence-corrected chi connectivity index (χ1v) is 8.21. The molecule has 1 fully saturated rings. The van der Waals surface area contributed by atoms with E-state index in [4.69, 9.17) is 5.73 Å². The van der Waals surface area contributed by atoms with Crippen LogP contribution in [0.4, 0.5) is 5.69 Å². The number of nitrogens with zero attached hydrogens (tertiary/aromatic N) is 1. The van der Waals surface area contributed by atoms with Gasteiger partial charge in [-0.3, -0.25) is 14.5 Å². The highest BCUT2D eigenvalue weighted by Gasteiger charge is 2.41. The Labute approximate surface area is 122 Å². The highest BCUT2D eigenvalue weighted by Crippen LogP contribution is 2.35. The molecular formula is C15H18N2O2S. The van der Waals surface area contributed by atoms with Crippen molar-refractivity contribution in [3.63, 3.8) is 0 Å². The number of thioether (sulfide) groups is 1. The van der Waals surface area contributed by atoms with Gasteiger partial charge >= 0.3 is 0 Å². The van der Waals surface area contributed by atoms with Crippen molar-refractivity contribution in [2.24, 2.45) is 0 Å². The molecule has 106 valence electrons. The Balaban J connectivity index is 1.86. The SMILES string of the molecule is CSC1CCC(N2C(=O)c3cccc(N)c3C2=O)CC1. The molecule has 1 saturated carbocycles. The van der Waals surface area contributed by atoms with Crippen molar-refractivity contribution in [2.45, 2.75) is 37.0 Å². The van der Waals surface area contributed by atoms with Crippen LogP contribution in [0.25, 0.3) is 0 Å². The molecule has 0 bridgehead atoms. The lowest BCUT2D eigenvalue weighted by atomic mass is 9.94. The molecule has 3 rings (SSSR count). The monoisotopic (exact) mass is 290 g/mol. The Kier molecular flexibility index (Phi) is 3.46. The Hall–Kier alpha value is -1.49. The zero-order valence-corrected chi connectivity index (χ0v) is 12.3. The number of imide groups is 1. The summed E-state index contributed by atoms with van der Waals surface area (Å²) in [6.45, 7) is 0. The second-order valence-corrected chi connectivity index (χ2v) is 6.55. The van der Waals surface area contributed by atoms with E-state index in [1.807, 2.05) is 11.8 Å². The normalized spacial score (nSPS) is 25.9. The molecule has 0 spiro atoms. The molecule has 2 N–H and O–H groups in total. The largest absolute Gasteiger partial charge is 0.398 e. The fourth-order valence-electron chi connectivity index (χ4n) is 3.20. The Bertz CT molecular complexity index is 565. The van der Waals surface area contributed by atoms with Gasteiger partial charge < -0.3 is 5.73 Å². The molecule has 1 aromatic carbocycles. The first kappa shape index (κ1) is 13.5. The maximum atomic E-state index is 12.5. The predicted molar refractivity (Wildman–Crippen MR) is 80.9 cm³/mol. The molecule has 0 unspecified atom stereocenters. The Morgan fingerprint density at radius 2 is 1.85 bits per heavy atom. The van der Waals surface area contributed by atoms with E-state index in [1.54, 1.807) is 18.2 Å². The molecule has 1 aromatic rings. The molecule has 5 heteroatoms. The molecule has 1 aliphatic heterocycles. The van der Waals surface area contributed by atoms with E-state index >= 15 is 0 Å². The van der Waals surface area contributed by atoms with Gasteiger partial charge in [-0.15, -0.1) is 0 Å². The van der Waals surface area contributed by atoms with Gasteiger partial charge in [0.15, 0.2) is 0 Å². The summed E-state index contributed by atoms with van der Waals surface area (Å²) in [7, 11) is 0. The second-order valence-electron chi connectivity index (χ2n) is 5.42. The van der Waals surface area contributed by atoms with Gasteiger partial charge in [0.05, 0.1) is 11.1 Å². The summed E-state index contributed by atoms with van der Waals surface area (Å²) in [4.78, 5) is 26.4. The van der Waals surface area contributed by atoms with Crippen LogP contribution in [-0.4, -0.2) is 34.3 Å². The van der Waals surface area contributed by atoms with E-state index in [9.17, 15) is 9.59 Å². The first-order valence-electron chi connectivity index (χ1n) is 6.92. The standard InChI is InChI=1S/C15H18N2O2S/c1-20-10-7-5-9(6-8-10)17-14(18)11-3-2-4-12(16)13(11)15(17)19/h2-4,9-10H,5-8,16H2,1H3. The quantitative estimate of drug-likeness (QED) is 0.671. The summed E-state index contributed by atoms with van der Waals surface area (Å²) in [5.41, 5.74) is 7.11. The van der Waals surface area contributed by atoms with Crippen molar-refractivity contribution in [3.8, 4) is 0 Å². The van der Waals surface area contributed by atoms with Gasteiger partial charge in [-0.2, -0.15) is 11.8 Å². The zero-order valence-electron chi connectivity index (χ0n) is 11.5. The lowest BCUT2D eigenvalue weighted by Gasteiger charge is -2.32. The van der Waals surface area contributed by atoms with Crippen LogP contribution in [0, 0.1) is 0 Å². The summed E-state index contributed by atoms with van der Waals surface area (Å²) in [6.07, 6.45) is 6.05. The summed E-state index contributed by atoms with van der Waals surface area (Å²) >= 11 is 1.87. The van der Waals surface area contributed by atoms with Crippen LogP contribution in [0.15, 0.2) is 18.2 Å². The van der Waals surface area contributed by atoms with Crippen LogP contribution in [0.1, 0.15) is 46.4 Å². The van der Waals surface area contributed by atoms with E-state index < -0.39 is 0 Å². The molecule has 0 aromatic heterocycles. The lowest BCUT2D eigenvalue weighted by molar-refractivity contribution is 0.0551. The van der Waals surface area contributed by atoms with Gasteiger partial charge in [-0.05, 0) is 44.1 Å². The number of carbonyl (C=O) groups excluding carboxylic acids is 2. The highest BCUT2D eigenvalue weighted by atomic mass is 32.2. The predicted octanol–water partition coefficient (Wildman–Crippen LogP) is 2.54. The van der Waals surface area contributed by atoms with E-state index in [-0.39, 0.29) is 17.9 Å². The second kappa shape index (κ2) is 5.13. The summed E-state index contributed by atoms with van der Waals surface area (Å²) in [5.74, 6) is -0.388. The fourth-order valence-corrected chi connectivity index (χ4v) is 3.94. The van der Waals surface area contributed by atoms with Crippen molar-refractivity contribution < 1.29 is 9.59 Å². The number of nitrogens with two attached hydrogens (primary N) is 1. The van der Waals surface area contributed by atoms with E-state index in [0.717, 1.165) is 25.7 Å². The number of carbonyl (C=O) groups is 2. The summed E-state index contributed by atoms with van der Waals surface area (Å²) < 4.78 is 0. The van der Waals surface area contributed by atoms with Crippen molar-refractivity contribution >= 4 is 29.3 Å². The lowest BCUT2D eigenvalue weighted by Crippen LogP contribution is -2.42. The Morgan fingerprint density at radius 1 is 1.15 bits per heavy atom. The molecular weight excluding hydrogens is 272 g/mol. The van der Waals surface area contributed by atoms with Gasteiger partial charge in [0.2, 0.25) is 0 Å². The minimum absolute atomic E-state index is 0.0326. The van der Waals surface area contributed by atoms with Gasteiger partial charge in [-0.1, -0.05) is 6.07 Å². The number of hydrogen-bond acceptors (Lipinski definition) is 4. The minimum Gasteiger partial charge on any atom is -0.398 e. The van der Waals surface area contributed by atoms with E-state index in [0.29, 0.717) is 22.1 Å². The number of rotatable bonds is 2. The van der Waals surface area contributed by atoms with Gasteiger partial charge in [0, 0.05) is 17.0 Å². The third-order valence-electron chi connectivity index (χ3n) is 4.32. The molecule has 1 aliphatic carbocycles. The molecule has 0 radical (unpaired) electrons. The van der Waals surface area contributed by atoms with Gasteiger partial charge in [0.25, 0.3) is 11.8 Å². The maximum Gasteiger partial charge on any atom is 0.263 e. The van der Waals surface area contributed by atoms with Crippen LogP contribution in [-0.2, 0) is 0 Å². The number of amides is 2. The van der Waals surface area contributed by atoms with Crippen molar-refractivity contribution in [1.29, 1.82) is 0 Å². The number of fused-ring (bicyclic) bond motifs is 1. The molecule has 2 amide bonds. The number of anilines is 1. The van der Waals surface area contributed by atoms with Crippen molar-refractivity contribution in [1.82, 2.24) is 4.90 Å². The number of benzene rings is 1. The van der Waals surface area contributed by atoms with Crippen LogP contribution in [0.3, 0.4) is 0 Å². The van der Waals surface area contributed by atoms with Gasteiger partial charge in [0.1, 0.15) is 0 Å². The van der Waals surface area contributed by atoms with Crippen LogP contribution in [0.2, 0.25) is 0 Å². The van der Waals surface area contributed by atoms with Crippen molar-refractivity contribution in [3.05, 3.63) is 29.3 Å². The molecule has 20 heavy (non-hydrogen) atoms. The average Bonchev–Trinajstić information content (AvgIpc) is 2.72. The van der Waals surface area contributed by atoms with Crippen LogP contribution in [0.5, 0.6) is 0 Å².